The smallest absolute Gasteiger partial charge is 0.325 e. The molecule has 0 amide bonds. The molecule has 6 heteroatoms. The zero-order chi connectivity index (χ0) is 14.7. The summed E-state index contributed by atoms with van der Waals surface area (Å²) in [7, 11) is 1.65. The minimum Gasteiger partial charge on any atom is -0.325 e. The molecule has 6 nitrogen and oxygen atoms in total. The van der Waals surface area contributed by atoms with Gasteiger partial charge in [0.05, 0.1) is 6.33 Å². The van der Waals surface area contributed by atoms with Crippen molar-refractivity contribution in [3.8, 4) is 0 Å². The van der Waals surface area contributed by atoms with Crippen LogP contribution in [0.15, 0.2) is 28.6 Å². The Morgan fingerprint density at radius 3 is 2.75 bits per heavy atom. The fraction of sp³-hybridized carbons (Fsp3) is 0.500. The van der Waals surface area contributed by atoms with Gasteiger partial charge in [-0.05, 0) is 26.2 Å². The standard InChI is InChI=1S/C14H20N4O2/c1-4-6-7-8-9-18-13(19)11-12(16(3)14(18)20)15-10-17(11)5-2/h4,10H,1,5-9H2,2-3H3. The third-order valence-corrected chi connectivity index (χ3v) is 3.48. The largest absolute Gasteiger partial charge is 0.332 e. The molecule has 20 heavy (non-hydrogen) atoms. The van der Waals surface area contributed by atoms with Gasteiger partial charge in [-0.25, -0.2) is 9.78 Å². The predicted molar refractivity (Wildman–Crippen MR) is 79.0 cm³/mol. The molecule has 0 aliphatic heterocycles. The summed E-state index contributed by atoms with van der Waals surface area (Å²) in [6.45, 7) is 6.70. The molecule has 2 aromatic rings. The van der Waals surface area contributed by atoms with E-state index in [9.17, 15) is 9.59 Å². The Hall–Kier alpha value is -2.11. The molecule has 0 aromatic carbocycles. The van der Waals surface area contributed by atoms with Crippen molar-refractivity contribution in [1.29, 1.82) is 0 Å². The summed E-state index contributed by atoms with van der Waals surface area (Å²) in [6, 6.07) is 0. The normalized spacial score (nSPS) is 11.1. The minimum absolute atomic E-state index is 0.249. The summed E-state index contributed by atoms with van der Waals surface area (Å²) in [5.41, 5.74) is 0.394. The second-order valence-corrected chi connectivity index (χ2v) is 4.79. The Balaban J connectivity index is 2.51. The summed E-state index contributed by atoms with van der Waals surface area (Å²) < 4.78 is 4.52. The number of fused-ring (bicyclic) bond motifs is 1. The van der Waals surface area contributed by atoms with Crippen LogP contribution in [0.4, 0.5) is 0 Å². The molecular weight excluding hydrogens is 256 g/mol. The second kappa shape index (κ2) is 5.90. The molecule has 0 unspecified atom stereocenters. The van der Waals surface area contributed by atoms with Gasteiger partial charge in [-0.1, -0.05) is 6.08 Å². The first-order valence-corrected chi connectivity index (χ1v) is 6.87. The van der Waals surface area contributed by atoms with E-state index in [0.29, 0.717) is 24.3 Å². The Morgan fingerprint density at radius 1 is 1.35 bits per heavy atom. The first-order valence-electron chi connectivity index (χ1n) is 6.87. The van der Waals surface area contributed by atoms with Crippen LogP contribution in [-0.4, -0.2) is 18.7 Å². The fourth-order valence-corrected chi connectivity index (χ4v) is 2.32. The Bertz CT molecular complexity index is 736. The molecule has 0 aliphatic carbocycles. The molecular formula is C14H20N4O2. The van der Waals surface area contributed by atoms with Crippen molar-refractivity contribution in [2.45, 2.75) is 39.3 Å². The first kappa shape index (κ1) is 14.3. The van der Waals surface area contributed by atoms with Crippen LogP contribution in [0.3, 0.4) is 0 Å². The summed E-state index contributed by atoms with van der Waals surface area (Å²) in [5.74, 6) is 0. The lowest BCUT2D eigenvalue weighted by molar-refractivity contribution is 0.555. The molecule has 2 rings (SSSR count). The zero-order valence-electron chi connectivity index (χ0n) is 12.0. The number of unbranched alkanes of at least 4 members (excludes halogenated alkanes) is 2. The van der Waals surface area contributed by atoms with Crippen LogP contribution in [-0.2, 0) is 20.1 Å². The average Bonchev–Trinajstić information content (AvgIpc) is 2.88. The van der Waals surface area contributed by atoms with Gasteiger partial charge in [0.15, 0.2) is 11.2 Å². The summed E-state index contributed by atoms with van der Waals surface area (Å²) in [6.07, 6.45) is 6.05. The van der Waals surface area contributed by atoms with Gasteiger partial charge >= 0.3 is 5.69 Å². The summed E-state index contributed by atoms with van der Waals surface area (Å²) >= 11 is 0. The van der Waals surface area contributed by atoms with E-state index in [4.69, 9.17) is 0 Å². The summed E-state index contributed by atoms with van der Waals surface area (Å²) in [5, 5.41) is 0. The third kappa shape index (κ3) is 2.33. The van der Waals surface area contributed by atoms with Gasteiger partial charge in [0.25, 0.3) is 5.56 Å². The van der Waals surface area contributed by atoms with Crippen molar-refractivity contribution >= 4 is 11.2 Å². The highest BCUT2D eigenvalue weighted by atomic mass is 16.2. The molecule has 0 bridgehead atoms. The highest BCUT2D eigenvalue weighted by Crippen LogP contribution is 2.05. The van der Waals surface area contributed by atoms with Crippen molar-refractivity contribution in [3.63, 3.8) is 0 Å². The van der Waals surface area contributed by atoms with Crippen LogP contribution in [0, 0.1) is 0 Å². The van der Waals surface area contributed by atoms with Crippen molar-refractivity contribution in [3.05, 3.63) is 39.8 Å². The maximum atomic E-state index is 12.5. The van der Waals surface area contributed by atoms with Crippen LogP contribution in [0.1, 0.15) is 26.2 Å². The van der Waals surface area contributed by atoms with Crippen molar-refractivity contribution in [2.24, 2.45) is 7.05 Å². The molecule has 0 saturated carbocycles. The molecule has 0 atom stereocenters. The maximum absolute atomic E-state index is 12.5. The minimum atomic E-state index is -0.303. The maximum Gasteiger partial charge on any atom is 0.332 e. The molecule has 108 valence electrons. The Morgan fingerprint density at radius 2 is 2.10 bits per heavy atom. The number of hydrogen-bond acceptors (Lipinski definition) is 3. The van der Waals surface area contributed by atoms with E-state index in [1.807, 2.05) is 13.0 Å². The van der Waals surface area contributed by atoms with Crippen molar-refractivity contribution in [2.75, 3.05) is 0 Å². The van der Waals surface area contributed by atoms with Gasteiger partial charge in [-0.15, -0.1) is 6.58 Å². The van der Waals surface area contributed by atoms with Crippen LogP contribution < -0.4 is 11.2 Å². The molecule has 2 heterocycles. The van der Waals surface area contributed by atoms with Crippen LogP contribution in [0.2, 0.25) is 0 Å². The van der Waals surface area contributed by atoms with Crippen molar-refractivity contribution < 1.29 is 0 Å². The summed E-state index contributed by atoms with van der Waals surface area (Å²) in [4.78, 5) is 28.9. The lowest BCUT2D eigenvalue weighted by atomic mass is 10.2. The molecule has 0 fully saturated rings. The number of aryl methyl sites for hydroxylation is 2. The molecule has 0 radical (unpaired) electrons. The molecule has 2 aromatic heterocycles. The van der Waals surface area contributed by atoms with Gasteiger partial charge in [0.1, 0.15) is 0 Å². The first-order chi connectivity index (χ1) is 9.61. The topological polar surface area (TPSA) is 61.8 Å². The van der Waals surface area contributed by atoms with Crippen LogP contribution >= 0.6 is 0 Å². The quantitative estimate of drug-likeness (QED) is 0.589. The third-order valence-electron chi connectivity index (χ3n) is 3.48. The van der Waals surface area contributed by atoms with Crippen LogP contribution in [0.25, 0.3) is 11.2 Å². The number of aromatic nitrogens is 4. The van der Waals surface area contributed by atoms with Gasteiger partial charge < -0.3 is 4.57 Å². The number of nitrogens with zero attached hydrogens (tertiary/aromatic N) is 4. The van der Waals surface area contributed by atoms with E-state index >= 15 is 0 Å². The van der Waals surface area contributed by atoms with Gasteiger partial charge in [0, 0.05) is 20.1 Å². The monoisotopic (exact) mass is 276 g/mol. The van der Waals surface area contributed by atoms with Gasteiger partial charge in [-0.3, -0.25) is 13.9 Å². The Labute approximate surface area is 117 Å². The zero-order valence-corrected chi connectivity index (χ0v) is 12.0. The number of allylic oxidation sites excluding steroid dienone is 1. The molecule has 0 spiro atoms. The van der Waals surface area contributed by atoms with E-state index in [-0.39, 0.29) is 11.2 Å². The number of imidazole rings is 1. The van der Waals surface area contributed by atoms with E-state index in [0.717, 1.165) is 19.3 Å². The number of hydrogen-bond donors (Lipinski definition) is 0. The van der Waals surface area contributed by atoms with Gasteiger partial charge in [-0.2, -0.15) is 0 Å². The fourth-order valence-electron chi connectivity index (χ4n) is 2.32. The van der Waals surface area contributed by atoms with E-state index in [1.165, 1.54) is 9.13 Å². The highest BCUT2D eigenvalue weighted by molar-refractivity contribution is 5.69. The van der Waals surface area contributed by atoms with Crippen molar-refractivity contribution in [1.82, 2.24) is 18.7 Å². The molecule has 0 aliphatic rings. The Kier molecular flexibility index (Phi) is 4.22. The van der Waals surface area contributed by atoms with E-state index < -0.39 is 0 Å². The lowest BCUT2D eigenvalue weighted by Crippen LogP contribution is -2.39. The lowest BCUT2D eigenvalue weighted by Gasteiger charge is -2.08. The molecule has 0 saturated heterocycles. The SMILES string of the molecule is C=CCCCCn1c(=O)c2c(ncn2CC)n(C)c1=O. The average molecular weight is 276 g/mol. The highest BCUT2D eigenvalue weighted by Gasteiger charge is 2.14. The van der Waals surface area contributed by atoms with E-state index in [1.54, 1.807) is 17.9 Å². The number of rotatable bonds is 6. The van der Waals surface area contributed by atoms with Gasteiger partial charge in [0.2, 0.25) is 0 Å². The second-order valence-electron chi connectivity index (χ2n) is 4.79. The van der Waals surface area contributed by atoms with Crippen LogP contribution in [0.5, 0.6) is 0 Å². The predicted octanol–water partition coefficient (Wildman–Crippen LogP) is 1.27. The molecule has 0 N–H and O–H groups in total. The van der Waals surface area contributed by atoms with E-state index in [2.05, 4.69) is 11.6 Å².